The fraction of sp³-hybridized carbons (Fsp3) is 0.677. The van der Waals surface area contributed by atoms with Crippen molar-refractivity contribution in [1.82, 2.24) is 9.80 Å². The van der Waals surface area contributed by atoms with E-state index in [4.69, 9.17) is 0 Å². The van der Waals surface area contributed by atoms with E-state index >= 15 is 0 Å². The lowest BCUT2D eigenvalue weighted by molar-refractivity contribution is 0.0708. The van der Waals surface area contributed by atoms with Crippen LogP contribution in [0.1, 0.15) is 95.1 Å². The van der Waals surface area contributed by atoms with E-state index in [1.165, 1.54) is 113 Å². The molecule has 1 saturated carbocycles. The lowest BCUT2D eigenvalue weighted by atomic mass is 9.64. The van der Waals surface area contributed by atoms with Crippen LogP contribution in [0, 0.1) is 5.41 Å². The Labute approximate surface area is 202 Å². The summed E-state index contributed by atoms with van der Waals surface area (Å²) in [4.78, 5) is 5.64. The summed E-state index contributed by atoms with van der Waals surface area (Å²) in [5, 5.41) is 2.84. The molecule has 2 aromatic rings. The number of nitrogens with zero attached hydrogens (tertiary/aromatic N) is 2. The second kappa shape index (κ2) is 10.5. The Balaban J connectivity index is 1.34. The van der Waals surface area contributed by atoms with E-state index in [2.05, 4.69) is 60.0 Å². The van der Waals surface area contributed by atoms with Crippen molar-refractivity contribution in [3.05, 3.63) is 47.5 Å². The van der Waals surface area contributed by atoms with Crippen LogP contribution in [0.2, 0.25) is 0 Å². The molecular weight excluding hydrogens is 400 g/mol. The zero-order chi connectivity index (χ0) is 22.7. The number of hydrogen-bond acceptors (Lipinski definition) is 2. The van der Waals surface area contributed by atoms with Crippen LogP contribution < -0.4 is 0 Å². The van der Waals surface area contributed by atoms with Crippen molar-refractivity contribution in [2.75, 3.05) is 32.7 Å². The summed E-state index contributed by atoms with van der Waals surface area (Å²) in [5.74, 6) is 0.652. The van der Waals surface area contributed by atoms with Crippen molar-refractivity contribution >= 4 is 10.8 Å². The molecule has 0 bridgehead atoms. The number of benzene rings is 2. The monoisotopic (exact) mass is 446 g/mol. The summed E-state index contributed by atoms with van der Waals surface area (Å²) < 4.78 is 0. The predicted molar refractivity (Wildman–Crippen MR) is 142 cm³/mol. The van der Waals surface area contributed by atoms with Gasteiger partial charge in [0, 0.05) is 18.5 Å². The number of piperidine rings is 2. The molecule has 2 nitrogen and oxygen atoms in total. The maximum absolute atomic E-state index is 2.83. The molecule has 2 heteroatoms. The minimum Gasteiger partial charge on any atom is -0.303 e. The smallest absolute Gasteiger partial charge is 0.0120 e. The van der Waals surface area contributed by atoms with Crippen molar-refractivity contribution in [3.63, 3.8) is 0 Å². The van der Waals surface area contributed by atoms with Crippen LogP contribution in [0.5, 0.6) is 0 Å². The van der Waals surface area contributed by atoms with E-state index in [1.807, 2.05) is 0 Å². The van der Waals surface area contributed by atoms with Crippen LogP contribution in [0.15, 0.2) is 36.4 Å². The maximum Gasteiger partial charge on any atom is 0.0120 e. The van der Waals surface area contributed by atoms with Crippen LogP contribution in [0.25, 0.3) is 10.8 Å². The third kappa shape index (κ3) is 5.33. The van der Waals surface area contributed by atoms with Gasteiger partial charge < -0.3 is 9.80 Å². The van der Waals surface area contributed by atoms with Gasteiger partial charge >= 0.3 is 0 Å². The van der Waals surface area contributed by atoms with Gasteiger partial charge in [-0.2, -0.15) is 0 Å². The third-order valence-corrected chi connectivity index (χ3v) is 9.48. The molecular formula is C31H46N2. The van der Waals surface area contributed by atoms with Crippen molar-refractivity contribution < 1.29 is 0 Å². The van der Waals surface area contributed by atoms with Gasteiger partial charge in [-0.05, 0) is 98.4 Å². The molecule has 2 aliphatic heterocycles. The zero-order valence-corrected chi connectivity index (χ0v) is 21.3. The van der Waals surface area contributed by atoms with E-state index in [0.29, 0.717) is 11.3 Å². The number of rotatable bonds is 6. The summed E-state index contributed by atoms with van der Waals surface area (Å²) in [7, 11) is 0. The molecule has 0 spiro atoms. The second-order valence-corrected chi connectivity index (χ2v) is 11.7. The lowest BCUT2D eigenvalue weighted by Gasteiger charge is -2.46. The average Bonchev–Trinajstić information content (AvgIpc) is 2.88. The van der Waals surface area contributed by atoms with Gasteiger partial charge in [0.15, 0.2) is 0 Å². The maximum atomic E-state index is 2.83. The highest BCUT2D eigenvalue weighted by atomic mass is 15.2. The summed E-state index contributed by atoms with van der Waals surface area (Å²) in [5.41, 5.74) is 3.48. The first-order valence-corrected chi connectivity index (χ1v) is 14.1. The van der Waals surface area contributed by atoms with E-state index < -0.39 is 0 Å². The number of likely N-dealkylation sites (tertiary alicyclic amines) is 2. The molecule has 33 heavy (non-hydrogen) atoms. The second-order valence-electron chi connectivity index (χ2n) is 11.7. The highest BCUT2D eigenvalue weighted by Gasteiger charge is 2.38. The number of hydrogen-bond donors (Lipinski definition) is 0. The Morgan fingerprint density at radius 3 is 2.21 bits per heavy atom. The largest absolute Gasteiger partial charge is 0.303 e. The van der Waals surface area contributed by atoms with Gasteiger partial charge in [-0.3, -0.25) is 0 Å². The summed E-state index contributed by atoms with van der Waals surface area (Å²) in [6.45, 7) is 11.4. The lowest BCUT2D eigenvalue weighted by Crippen LogP contribution is -2.48. The van der Waals surface area contributed by atoms with Crippen LogP contribution >= 0.6 is 0 Å². The summed E-state index contributed by atoms with van der Waals surface area (Å²) in [6.07, 6.45) is 15.2. The van der Waals surface area contributed by atoms with Crippen molar-refractivity contribution in [3.8, 4) is 0 Å². The summed E-state index contributed by atoms with van der Waals surface area (Å²) >= 11 is 0. The standard InChI is InChI=1S/C31H46N2/c1-3-25-10-11-27-23-28(13-12-26(27)22-25)30(31(2)16-6-4-7-17-31)24-32-20-14-29(15-21-32)33-18-8-5-9-19-33/h10-13,22-23,29-30H,3-9,14-21,24H2,1-2H3. The molecule has 2 heterocycles. The van der Waals surface area contributed by atoms with E-state index in [-0.39, 0.29) is 0 Å². The Kier molecular flexibility index (Phi) is 7.42. The molecule has 3 fully saturated rings. The summed E-state index contributed by atoms with van der Waals surface area (Å²) in [6, 6.07) is 15.4. The molecule has 180 valence electrons. The molecule has 3 aliphatic rings. The molecule has 1 atom stereocenters. The SMILES string of the molecule is CCc1ccc2cc(C(CN3CCC(N4CCCCC4)CC3)C3(C)CCCCC3)ccc2c1. The van der Waals surface area contributed by atoms with Gasteiger partial charge in [0.2, 0.25) is 0 Å². The molecule has 0 radical (unpaired) electrons. The Bertz CT molecular complexity index is 898. The number of fused-ring (bicyclic) bond motifs is 1. The zero-order valence-electron chi connectivity index (χ0n) is 21.3. The molecule has 2 saturated heterocycles. The predicted octanol–water partition coefficient (Wildman–Crippen LogP) is 7.41. The number of aryl methyl sites for hydroxylation is 1. The highest BCUT2D eigenvalue weighted by Crippen LogP contribution is 2.48. The van der Waals surface area contributed by atoms with Gasteiger partial charge in [0.25, 0.3) is 0 Å². The minimum absolute atomic E-state index is 0.443. The Hall–Kier alpha value is -1.38. The fourth-order valence-electron chi connectivity index (χ4n) is 7.20. The fourth-order valence-corrected chi connectivity index (χ4v) is 7.20. The molecule has 0 N–H and O–H groups in total. The van der Waals surface area contributed by atoms with Gasteiger partial charge in [-0.1, -0.05) is 75.9 Å². The van der Waals surface area contributed by atoms with E-state index in [1.54, 1.807) is 5.56 Å². The van der Waals surface area contributed by atoms with Crippen LogP contribution in [-0.2, 0) is 6.42 Å². The average molecular weight is 447 g/mol. The molecule has 0 aromatic heterocycles. The first-order valence-electron chi connectivity index (χ1n) is 14.1. The third-order valence-electron chi connectivity index (χ3n) is 9.48. The van der Waals surface area contributed by atoms with Crippen LogP contribution in [0.3, 0.4) is 0 Å². The van der Waals surface area contributed by atoms with Gasteiger partial charge in [0.1, 0.15) is 0 Å². The van der Waals surface area contributed by atoms with Crippen molar-refractivity contribution in [2.24, 2.45) is 5.41 Å². The van der Waals surface area contributed by atoms with Gasteiger partial charge in [-0.25, -0.2) is 0 Å². The molecule has 2 aromatic carbocycles. The van der Waals surface area contributed by atoms with E-state index in [9.17, 15) is 0 Å². The van der Waals surface area contributed by atoms with Gasteiger partial charge in [-0.15, -0.1) is 0 Å². The Morgan fingerprint density at radius 2 is 1.48 bits per heavy atom. The molecule has 5 rings (SSSR count). The van der Waals surface area contributed by atoms with Crippen LogP contribution in [0.4, 0.5) is 0 Å². The highest BCUT2D eigenvalue weighted by molar-refractivity contribution is 5.84. The minimum atomic E-state index is 0.443. The normalized spacial score (nSPS) is 24.2. The van der Waals surface area contributed by atoms with Crippen molar-refractivity contribution in [2.45, 2.75) is 96.4 Å². The molecule has 1 unspecified atom stereocenters. The van der Waals surface area contributed by atoms with Crippen molar-refractivity contribution in [1.29, 1.82) is 0 Å². The van der Waals surface area contributed by atoms with E-state index in [0.717, 1.165) is 12.5 Å². The quantitative estimate of drug-likeness (QED) is 0.456. The first-order chi connectivity index (χ1) is 16.1. The topological polar surface area (TPSA) is 6.48 Å². The van der Waals surface area contributed by atoms with Crippen LogP contribution in [-0.4, -0.2) is 48.6 Å². The van der Waals surface area contributed by atoms with Gasteiger partial charge in [0.05, 0.1) is 0 Å². The first kappa shape index (κ1) is 23.4. The molecule has 0 amide bonds. The Morgan fingerprint density at radius 1 is 0.818 bits per heavy atom. The molecule has 1 aliphatic carbocycles.